The Labute approximate surface area is 157 Å². The van der Waals surface area contributed by atoms with Crippen LogP contribution in [-0.4, -0.2) is 53.4 Å². The highest BCUT2D eigenvalue weighted by atomic mass is 16.5. The maximum atomic E-state index is 12.7. The molecule has 1 saturated heterocycles. The number of carbonyl (C=O) groups excluding carboxylic acids is 1. The van der Waals surface area contributed by atoms with Gasteiger partial charge in [-0.05, 0) is 19.3 Å². The van der Waals surface area contributed by atoms with Gasteiger partial charge >= 0.3 is 0 Å². The zero-order valence-corrected chi connectivity index (χ0v) is 15.6. The molecular formula is C18H23N7O2. The van der Waals surface area contributed by atoms with Crippen LogP contribution in [0, 0.1) is 0 Å². The molecule has 4 heterocycles. The van der Waals surface area contributed by atoms with E-state index < -0.39 is 0 Å². The molecule has 0 aromatic carbocycles. The standard InChI is InChI=1S/C18H23N7O2/c1-3-14-9-15(27-22-14)18(26)25-7-4-5-13(10-25)17-21-20-16(23(17)2)11-24-8-6-19-12-24/h6,8-9,12-13H,3-5,7,10-11H2,1-2H3/t13-/m1/s1. The summed E-state index contributed by atoms with van der Waals surface area (Å²) in [6.07, 6.45) is 8.06. The van der Waals surface area contributed by atoms with Crippen LogP contribution >= 0.6 is 0 Å². The Morgan fingerprint density at radius 2 is 2.26 bits per heavy atom. The van der Waals surface area contributed by atoms with Crippen molar-refractivity contribution in [2.45, 2.75) is 38.6 Å². The van der Waals surface area contributed by atoms with Crippen LogP contribution in [0.1, 0.15) is 53.6 Å². The van der Waals surface area contributed by atoms with Crippen molar-refractivity contribution in [3.8, 4) is 0 Å². The Morgan fingerprint density at radius 1 is 1.37 bits per heavy atom. The van der Waals surface area contributed by atoms with E-state index in [0.717, 1.165) is 43.1 Å². The molecule has 0 unspecified atom stereocenters. The van der Waals surface area contributed by atoms with E-state index in [1.807, 2.05) is 34.2 Å². The second-order valence-electron chi connectivity index (χ2n) is 6.89. The molecule has 0 bridgehead atoms. The average Bonchev–Trinajstić information content (AvgIpc) is 3.44. The van der Waals surface area contributed by atoms with Crippen LogP contribution in [0.25, 0.3) is 0 Å². The van der Waals surface area contributed by atoms with Crippen LogP contribution in [0.15, 0.2) is 29.3 Å². The number of imidazole rings is 1. The molecule has 0 N–H and O–H groups in total. The van der Waals surface area contributed by atoms with Crippen LogP contribution in [-0.2, 0) is 20.0 Å². The molecule has 142 valence electrons. The van der Waals surface area contributed by atoms with Crippen molar-refractivity contribution >= 4 is 5.91 Å². The third-order valence-electron chi connectivity index (χ3n) is 5.09. The number of nitrogens with zero attached hydrogens (tertiary/aromatic N) is 7. The van der Waals surface area contributed by atoms with Crippen molar-refractivity contribution in [2.75, 3.05) is 13.1 Å². The van der Waals surface area contributed by atoms with E-state index in [9.17, 15) is 4.79 Å². The number of aromatic nitrogens is 6. The molecule has 9 heteroatoms. The Bertz CT molecular complexity index is 912. The fourth-order valence-electron chi connectivity index (χ4n) is 3.52. The molecule has 4 rings (SSSR count). The Morgan fingerprint density at radius 3 is 3.00 bits per heavy atom. The largest absolute Gasteiger partial charge is 0.351 e. The number of amides is 1. The molecule has 1 amide bonds. The van der Waals surface area contributed by atoms with Crippen LogP contribution in [0.3, 0.4) is 0 Å². The van der Waals surface area contributed by atoms with Gasteiger partial charge in [0.1, 0.15) is 5.82 Å². The van der Waals surface area contributed by atoms with Gasteiger partial charge in [0.15, 0.2) is 5.82 Å². The molecule has 1 fully saturated rings. The molecule has 0 spiro atoms. The molecule has 1 aliphatic rings. The Hall–Kier alpha value is -2.97. The lowest BCUT2D eigenvalue weighted by molar-refractivity contribution is 0.0661. The lowest BCUT2D eigenvalue weighted by atomic mass is 9.97. The lowest BCUT2D eigenvalue weighted by Crippen LogP contribution is -2.39. The van der Waals surface area contributed by atoms with Crippen LogP contribution < -0.4 is 0 Å². The SMILES string of the molecule is CCc1cc(C(=O)N2CCC[C@@H](c3nnc(Cn4ccnc4)n3C)C2)on1. The van der Waals surface area contributed by atoms with Gasteiger partial charge in [-0.15, -0.1) is 10.2 Å². The van der Waals surface area contributed by atoms with E-state index in [1.165, 1.54) is 0 Å². The minimum Gasteiger partial charge on any atom is -0.351 e. The lowest BCUT2D eigenvalue weighted by Gasteiger charge is -2.31. The van der Waals surface area contributed by atoms with Crippen molar-refractivity contribution in [2.24, 2.45) is 7.05 Å². The van der Waals surface area contributed by atoms with Crippen LogP contribution in [0.5, 0.6) is 0 Å². The predicted molar refractivity (Wildman–Crippen MR) is 96.1 cm³/mol. The summed E-state index contributed by atoms with van der Waals surface area (Å²) in [5.74, 6) is 2.15. The first kappa shape index (κ1) is 17.4. The second kappa shape index (κ2) is 7.34. The summed E-state index contributed by atoms with van der Waals surface area (Å²) >= 11 is 0. The van der Waals surface area contributed by atoms with Gasteiger partial charge < -0.3 is 18.6 Å². The first-order valence-corrected chi connectivity index (χ1v) is 9.24. The average molecular weight is 369 g/mol. The fourth-order valence-corrected chi connectivity index (χ4v) is 3.52. The highest BCUT2D eigenvalue weighted by molar-refractivity contribution is 5.91. The van der Waals surface area contributed by atoms with E-state index in [1.54, 1.807) is 18.6 Å². The van der Waals surface area contributed by atoms with Gasteiger partial charge in [-0.1, -0.05) is 12.1 Å². The summed E-state index contributed by atoms with van der Waals surface area (Å²) in [6.45, 7) is 3.94. The molecule has 0 radical (unpaired) electrons. The molecule has 0 saturated carbocycles. The van der Waals surface area contributed by atoms with Gasteiger partial charge in [0, 0.05) is 44.5 Å². The number of aryl methyl sites for hydroxylation is 1. The van der Waals surface area contributed by atoms with E-state index in [0.29, 0.717) is 18.8 Å². The first-order valence-electron chi connectivity index (χ1n) is 9.24. The van der Waals surface area contributed by atoms with Gasteiger partial charge in [-0.3, -0.25) is 4.79 Å². The molecule has 3 aromatic heterocycles. The number of hydrogen-bond acceptors (Lipinski definition) is 6. The zero-order valence-electron chi connectivity index (χ0n) is 15.6. The number of rotatable bonds is 5. The number of hydrogen-bond donors (Lipinski definition) is 0. The van der Waals surface area contributed by atoms with Crippen LogP contribution in [0.2, 0.25) is 0 Å². The molecular weight excluding hydrogens is 346 g/mol. The quantitative estimate of drug-likeness (QED) is 0.678. The van der Waals surface area contributed by atoms with Gasteiger partial charge in [-0.25, -0.2) is 4.98 Å². The van der Waals surface area contributed by atoms with Crippen molar-refractivity contribution < 1.29 is 9.32 Å². The summed E-state index contributed by atoms with van der Waals surface area (Å²) in [5, 5.41) is 12.7. The third kappa shape index (κ3) is 3.49. The Kier molecular flexibility index (Phi) is 4.74. The van der Waals surface area contributed by atoms with Crippen molar-refractivity contribution in [1.82, 2.24) is 34.4 Å². The van der Waals surface area contributed by atoms with Gasteiger partial charge in [0.25, 0.3) is 5.91 Å². The summed E-state index contributed by atoms with van der Waals surface area (Å²) < 4.78 is 9.20. The summed E-state index contributed by atoms with van der Waals surface area (Å²) in [7, 11) is 1.98. The third-order valence-corrected chi connectivity index (χ3v) is 5.09. The Balaban J connectivity index is 1.48. The van der Waals surface area contributed by atoms with Crippen molar-refractivity contribution in [3.05, 3.63) is 47.9 Å². The maximum Gasteiger partial charge on any atom is 0.292 e. The van der Waals surface area contributed by atoms with E-state index in [2.05, 4.69) is 20.3 Å². The molecule has 0 aliphatic carbocycles. The van der Waals surface area contributed by atoms with Crippen LogP contribution in [0.4, 0.5) is 0 Å². The number of likely N-dealkylation sites (tertiary alicyclic amines) is 1. The minimum absolute atomic E-state index is 0.104. The van der Waals surface area contributed by atoms with E-state index in [4.69, 9.17) is 4.52 Å². The minimum atomic E-state index is -0.104. The van der Waals surface area contributed by atoms with Gasteiger partial charge in [0.05, 0.1) is 18.6 Å². The first-order chi connectivity index (χ1) is 13.2. The fraction of sp³-hybridized carbons (Fsp3) is 0.500. The molecule has 1 atom stereocenters. The van der Waals surface area contributed by atoms with Gasteiger partial charge in [-0.2, -0.15) is 0 Å². The summed E-state index contributed by atoms with van der Waals surface area (Å²) in [6, 6.07) is 1.73. The topological polar surface area (TPSA) is 94.9 Å². The van der Waals surface area contributed by atoms with E-state index in [-0.39, 0.29) is 11.8 Å². The van der Waals surface area contributed by atoms with Gasteiger partial charge in [0.2, 0.25) is 5.76 Å². The smallest absolute Gasteiger partial charge is 0.292 e. The number of carbonyl (C=O) groups is 1. The molecule has 27 heavy (non-hydrogen) atoms. The number of piperidine rings is 1. The molecule has 9 nitrogen and oxygen atoms in total. The van der Waals surface area contributed by atoms with Crippen molar-refractivity contribution in [1.29, 1.82) is 0 Å². The monoisotopic (exact) mass is 369 g/mol. The maximum absolute atomic E-state index is 12.7. The zero-order chi connectivity index (χ0) is 18.8. The molecule has 3 aromatic rings. The molecule has 1 aliphatic heterocycles. The second-order valence-corrected chi connectivity index (χ2v) is 6.89. The normalized spacial score (nSPS) is 17.4. The highest BCUT2D eigenvalue weighted by Gasteiger charge is 2.30. The predicted octanol–water partition coefficient (Wildman–Crippen LogP) is 1.63. The summed E-state index contributed by atoms with van der Waals surface area (Å²) in [4.78, 5) is 18.6. The summed E-state index contributed by atoms with van der Waals surface area (Å²) in [5.41, 5.74) is 0.796. The van der Waals surface area contributed by atoms with E-state index >= 15 is 0 Å². The van der Waals surface area contributed by atoms with Crippen molar-refractivity contribution in [3.63, 3.8) is 0 Å². The highest BCUT2D eigenvalue weighted by Crippen LogP contribution is 2.27.